The molecule has 130 valence electrons. The van der Waals surface area contributed by atoms with Crippen LogP contribution in [0.3, 0.4) is 0 Å². The Morgan fingerprint density at radius 3 is 2.88 bits per heavy atom. The third-order valence-electron chi connectivity index (χ3n) is 5.08. The molecule has 4 aromatic rings. The maximum atomic E-state index is 5.59. The first-order valence-corrected chi connectivity index (χ1v) is 8.88. The Hall–Kier alpha value is -2.92. The highest BCUT2D eigenvalue weighted by Gasteiger charge is 2.16. The van der Waals surface area contributed by atoms with E-state index in [-0.39, 0.29) is 0 Å². The highest BCUT2D eigenvalue weighted by Crippen LogP contribution is 2.32. The van der Waals surface area contributed by atoms with E-state index in [1.54, 1.807) is 0 Å². The first-order valence-electron chi connectivity index (χ1n) is 8.88. The van der Waals surface area contributed by atoms with Gasteiger partial charge in [-0.25, -0.2) is 9.97 Å². The highest BCUT2D eigenvalue weighted by atomic mass is 16.5. The lowest BCUT2D eigenvalue weighted by Crippen LogP contribution is -2.15. The maximum absolute atomic E-state index is 5.59. The fourth-order valence-electron chi connectivity index (χ4n) is 3.79. The number of hydrogen-bond donors (Lipinski definition) is 0. The summed E-state index contributed by atoms with van der Waals surface area (Å²) >= 11 is 0. The van der Waals surface area contributed by atoms with Crippen molar-refractivity contribution in [1.29, 1.82) is 0 Å². The minimum atomic E-state index is 0.690. The third kappa shape index (κ3) is 2.35. The molecule has 0 spiro atoms. The van der Waals surface area contributed by atoms with Crippen molar-refractivity contribution < 1.29 is 4.74 Å². The van der Waals surface area contributed by atoms with Crippen LogP contribution in [-0.4, -0.2) is 28.2 Å². The van der Waals surface area contributed by atoms with Gasteiger partial charge in [0.25, 0.3) is 0 Å². The van der Waals surface area contributed by atoms with Gasteiger partial charge in [-0.2, -0.15) is 0 Å². The van der Waals surface area contributed by atoms with Gasteiger partial charge in [0, 0.05) is 41.3 Å². The van der Waals surface area contributed by atoms with E-state index in [1.165, 1.54) is 16.6 Å². The van der Waals surface area contributed by atoms with Crippen LogP contribution in [0.25, 0.3) is 21.8 Å². The number of benzene rings is 2. The molecule has 0 unspecified atom stereocenters. The van der Waals surface area contributed by atoms with Crippen LogP contribution in [0, 0.1) is 6.92 Å². The van der Waals surface area contributed by atoms with Crippen molar-refractivity contribution in [3.8, 4) is 0 Å². The highest BCUT2D eigenvalue weighted by molar-refractivity contribution is 5.93. The molecule has 0 amide bonds. The molecule has 0 fully saturated rings. The number of rotatable bonds is 2. The van der Waals surface area contributed by atoms with Crippen LogP contribution >= 0.6 is 0 Å². The fourth-order valence-corrected chi connectivity index (χ4v) is 3.79. The molecule has 0 atom stereocenters. The molecule has 2 aromatic heterocycles. The van der Waals surface area contributed by atoms with Gasteiger partial charge in [-0.05, 0) is 43.3 Å². The van der Waals surface area contributed by atoms with Gasteiger partial charge in [-0.3, -0.25) is 0 Å². The number of aromatic nitrogens is 3. The monoisotopic (exact) mass is 344 g/mol. The zero-order valence-corrected chi connectivity index (χ0v) is 14.9. The Bertz CT molecular complexity index is 1130. The van der Waals surface area contributed by atoms with E-state index in [0.717, 1.165) is 41.4 Å². The van der Waals surface area contributed by atoms with Crippen LogP contribution in [0.1, 0.15) is 11.5 Å². The molecule has 5 nitrogen and oxygen atoms in total. The smallest absolute Gasteiger partial charge is 0.144 e. The number of para-hydroxylation sites is 1. The first-order chi connectivity index (χ1) is 12.7. The third-order valence-corrected chi connectivity index (χ3v) is 5.08. The molecule has 1 aliphatic heterocycles. The fraction of sp³-hybridized carbons (Fsp3) is 0.238. The van der Waals surface area contributed by atoms with E-state index >= 15 is 0 Å². The predicted octanol–water partition coefficient (Wildman–Crippen LogP) is 4.19. The SMILES string of the molecule is Cc1nc(N(C)c2ccc3c(c2)cc2n3CCOC2)c2ccccc2n1. The topological polar surface area (TPSA) is 43.2 Å². The quantitative estimate of drug-likeness (QED) is 0.547. The zero-order valence-electron chi connectivity index (χ0n) is 14.9. The molecule has 0 N–H and O–H groups in total. The molecular formula is C21H20N4O. The Labute approximate surface area is 151 Å². The number of hydrogen-bond acceptors (Lipinski definition) is 4. The van der Waals surface area contributed by atoms with Crippen LogP contribution in [0.4, 0.5) is 11.5 Å². The van der Waals surface area contributed by atoms with Crippen molar-refractivity contribution in [2.24, 2.45) is 0 Å². The lowest BCUT2D eigenvalue weighted by molar-refractivity contribution is 0.0865. The van der Waals surface area contributed by atoms with E-state index in [4.69, 9.17) is 9.72 Å². The summed E-state index contributed by atoms with van der Waals surface area (Å²) in [5, 5.41) is 2.30. The molecular weight excluding hydrogens is 324 g/mol. The van der Waals surface area contributed by atoms with Gasteiger partial charge in [0.05, 0.1) is 18.7 Å². The molecule has 5 rings (SSSR count). The number of aryl methyl sites for hydroxylation is 1. The summed E-state index contributed by atoms with van der Waals surface area (Å²) < 4.78 is 7.94. The Morgan fingerprint density at radius 1 is 1.08 bits per heavy atom. The minimum absolute atomic E-state index is 0.690. The molecule has 2 aromatic carbocycles. The summed E-state index contributed by atoms with van der Waals surface area (Å²) in [4.78, 5) is 11.4. The molecule has 0 saturated heterocycles. The molecule has 0 radical (unpaired) electrons. The van der Waals surface area contributed by atoms with Crippen molar-refractivity contribution in [1.82, 2.24) is 14.5 Å². The molecule has 5 heteroatoms. The average Bonchev–Trinajstić information content (AvgIpc) is 3.04. The van der Waals surface area contributed by atoms with Crippen molar-refractivity contribution >= 4 is 33.3 Å². The minimum Gasteiger partial charge on any atom is -0.373 e. The lowest BCUT2D eigenvalue weighted by Gasteiger charge is -2.21. The number of nitrogens with zero attached hydrogens (tertiary/aromatic N) is 4. The van der Waals surface area contributed by atoms with Gasteiger partial charge >= 0.3 is 0 Å². The number of ether oxygens (including phenoxy) is 1. The van der Waals surface area contributed by atoms with Crippen molar-refractivity contribution in [3.63, 3.8) is 0 Å². The van der Waals surface area contributed by atoms with E-state index in [9.17, 15) is 0 Å². The Kier molecular flexibility index (Phi) is 3.43. The second kappa shape index (κ2) is 5.81. The van der Waals surface area contributed by atoms with Gasteiger partial charge in [0.15, 0.2) is 0 Å². The van der Waals surface area contributed by atoms with Crippen LogP contribution in [0.2, 0.25) is 0 Å². The van der Waals surface area contributed by atoms with Crippen LogP contribution in [-0.2, 0) is 17.9 Å². The number of anilines is 2. The summed E-state index contributed by atoms with van der Waals surface area (Å²) in [6.07, 6.45) is 0. The molecule has 0 bridgehead atoms. The van der Waals surface area contributed by atoms with E-state index in [0.29, 0.717) is 6.61 Å². The summed E-state index contributed by atoms with van der Waals surface area (Å²) in [5.74, 6) is 1.71. The Balaban J connectivity index is 1.64. The second-order valence-corrected chi connectivity index (χ2v) is 6.75. The van der Waals surface area contributed by atoms with E-state index < -0.39 is 0 Å². The van der Waals surface area contributed by atoms with Gasteiger partial charge < -0.3 is 14.2 Å². The maximum Gasteiger partial charge on any atom is 0.144 e. The van der Waals surface area contributed by atoms with E-state index in [1.807, 2.05) is 25.1 Å². The van der Waals surface area contributed by atoms with Crippen LogP contribution in [0.15, 0.2) is 48.5 Å². The molecule has 3 heterocycles. The number of fused-ring (bicyclic) bond motifs is 4. The van der Waals surface area contributed by atoms with Crippen molar-refractivity contribution in [2.45, 2.75) is 20.1 Å². The van der Waals surface area contributed by atoms with Crippen molar-refractivity contribution in [3.05, 3.63) is 60.0 Å². The summed E-state index contributed by atoms with van der Waals surface area (Å²) in [5.41, 5.74) is 4.60. The zero-order chi connectivity index (χ0) is 17.7. The summed E-state index contributed by atoms with van der Waals surface area (Å²) in [6, 6.07) is 17.0. The molecule has 0 saturated carbocycles. The Morgan fingerprint density at radius 2 is 1.96 bits per heavy atom. The van der Waals surface area contributed by atoms with Gasteiger partial charge in [-0.1, -0.05) is 12.1 Å². The largest absolute Gasteiger partial charge is 0.373 e. The molecule has 26 heavy (non-hydrogen) atoms. The molecule has 0 aliphatic carbocycles. The lowest BCUT2D eigenvalue weighted by atomic mass is 10.2. The van der Waals surface area contributed by atoms with Crippen LogP contribution in [0.5, 0.6) is 0 Å². The molecule has 1 aliphatic rings. The van der Waals surface area contributed by atoms with E-state index in [2.05, 4.69) is 51.8 Å². The second-order valence-electron chi connectivity index (χ2n) is 6.75. The van der Waals surface area contributed by atoms with Gasteiger partial charge in [0.2, 0.25) is 0 Å². The average molecular weight is 344 g/mol. The van der Waals surface area contributed by atoms with Crippen LogP contribution < -0.4 is 4.90 Å². The van der Waals surface area contributed by atoms with Gasteiger partial charge in [-0.15, -0.1) is 0 Å². The standard InChI is InChI=1S/C21H20N4O/c1-14-22-19-6-4-3-5-18(19)21(23-14)24(2)16-7-8-20-15(11-16)12-17-13-26-10-9-25(17)20/h3-8,11-12H,9-10,13H2,1-2H3. The van der Waals surface area contributed by atoms with Gasteiger partial charge in [0.1, 0.15) is 11.6 Å². The predicted molar refractivity (Wildman–Crippen MR) is 104 cm³/mol. The van der Waals surface area contributed by atoms with Crippen molar-refractivity contribution in [2.75, 3.05) is 18.6 Å². The summed E-state index contributed by atoms with van der Waals surface area (Å²) in [7, 11) is 2.06. The first kappa shape index (κ1) is 15.3. The summed E-state index contributed by atoms with van der Waals surface area (Å²) in [6.45, 7) is 4.33. The normalized spacial score (nSPS) is 13.9.